The van der Waals surface area contributed by atoms with Crippen molar-refractivity contribution in [1.29, 1.82) is 0 Å². The predicted molar refractivity (Wildman–Crippen MR) is 65.3 cm³/mol. The van der Waals surface area contributed by atoms with Gasteiger partial charge in [0.1, 0.15) is 0 Å². The quantitative estimate of drug-likeness (QED) is 0.667. The molecule has 0 unspecified atom stereocenters. The van der Waals surface area contributed by atoms with Gasteiger partial charge < -0.3 is 14.8 Å². The maximum Gasteiger partial charge on any atom is 0.326 e. The first kappa shape index (κ1) is 12.9. The van der Waals surface area contributed by atoms with E-state index in [9.17, 15) is 9.59 Å². The first-order valence-electron chi connectivity index (χ1n) is 5.32. The van der Waals surface area contributed by atoms with Crippen LogP contribution in [-0.4, -0.2) is 32.2 Å². The van der Waals surface area contributed by atoms with Crippen molar-refractivity contribution >= 4 is 29.2 Å². The second-order valence-electron chi connectivity index (χ2n) is 4.03. The van der Waals surface area contributed by atoms with Crippen LogP contribution in [0.5, 0.6) is 0 Å². The largest absolute Gasteiger partial charge is 0.468 e. The summed E-state index contributed by atoms with van der Waals surface area (Å²) in [7, 11) is 1.25. The zero-order valence-corrected chi connectivity index (χ0v) is 10.5. The molecule has 1 aliphatic rings. The average molecular weight is 270 g/mol. The third kappa shape index (κ3) is 2.19. The minimum atomic E-state index is -1.24. The van der Waals surface area contributed by atoms with Crippen LogP contribution in [0.2, 0.25) is 5.02 Å². The number of anilines is 1. The van der Waals surface area contributed by atoms with Gasteiger partial charge in [-0.1, -0.05) is 17.7 Å². The molecule has 0 aliphatic carbocycles. The van der Waals surface area contributed by atoms with Crippen LogP contribution < -0.4 is 5.32 Å². The number of ether oxygens (including phenoxy) is 2. The van der Waals surface area contributed by atoms with Crippen LogP contribution in [-0.2, 0) is 19.1 Å². The Morgan fingerprint density at radius 2 is 2.17 bits per heavy atom. The molecule has 1 saturated heterocycles. The summed E-state index contributed by atoms with van der Waals surface area (Å²) in [4.78, 5) is 23.7. The monoisotopic (exact) mass is 269 g/mol. The fourth-order valence-corrected chi connectivity index (χ4v) is 1.85. The van der Waals surface area contributed by atoms with Gasteiger partial charge in [-0.3, -0.25) is 9.59 Å². The van der Waals surface area contributed by atoms with Crippen LogP contribution in [0, 0.1) is 5.41 Å². The molecule has 1 amide bonds. The van der Waals surface area contributed by atoms with Gasteiger partial charge in [0.15, 0.2) is 5.41 Å². The van der Waals surface area contributed by atoms with E-state index < -0.39 is 17.3 Å². The number of amides is 1. The van der Waals surface area contributed by atoms with Crippen LogP contribution in [0.4, 0.5) is 5.69 Å². The fourth-order valence-electron chi connectivity index (χ4n) is 1.66. The Kier molecular flexibility index (Phi) is 3.54. The molecule has 0 saturated carbocycles. The Balaban J connectivity index is 2.14. The third-order valence-corrected chi connectivity index (χ3v) is 3.03. The highest BCUT2D eigenvalue weighted by Gasteiger charge is 2.54. The molecule has 0 radical (unpaired) electrons. The number of carbonyl (C=O) groups excluding carboxylic acids is 2. The lowest BCUT2D eigenvalue weighted by Crippen LogP contribution is -2.57. The number of hydrogen-bond donors (Lipinski definition) is 1. The summed E-state index contributed by atoms with van der Waals surface area (Å²) >= 11 is 5.81. The fraction of sp³-hybridized carbons (Fsp3) is 0.333. The first-order chi connectivity index (χ1) is 8.58. The molecule has 1 fully saturated rings. The number of methoxy groups -OCH3 is 1. The highest BCUT2D eigenvalue weighted by molar-refractivity contribution is 6.31. The Morgan fingerprint density at radius 3 is 2.67 bits per heavy atom. The molecule has 0 spiro atoms. The van der Waals surface area contributed by atoms with Crippen molar-refractivity contribution in [2.24, 2.45) is 5.41 Å². The van der Waals surface area contributed by atoms with E-state index in [2.05, 4.69) is 10.1 Å². The van der Waals surface area contributed by atoms with Gasteiger partial charge in [-0.05, 0) is 18.2 Å². The molecule has 0 bridgehead atoms. The van der Waals surface area contributed by atoms with E-state index in [1.807, 2.05) is 0 Å². The molecule has 2 rings (SSSR count). The summed E-state index contributed by atoms with van der Waals surface area (Å²) in [6, 6.07) is 6.69. The molecule has 5 nitrogen and oxygen atoms in total. The number of esters is 1. The SMILES string of the molecule is COC(=O)C1(C(=O)Nc2cccc(Cl)c2)COC1. The van der Waals surface area contributed by atoms with Crippen LogP contribution in [0.3, 0.4) is 0 Å². The van der Waals surface area contributed by atoms with Crippen molar-refractivity contribution in [3.63, 3.8) is 0 Å². The number of hydrogen-bond acceptors (Lipinski definition) is 4. The molecule has 1 N–H and O–H groups in total. The van der Waals surface area contributed by atoms with Gasteiger partial charge in [-0.2, -0.15) is 0 Å². The molecular weight excluding hydrogens is 258 g/mol. The van der Waals surface area contributed by atoms with Gasteiger partial charge >= 0.3 is 5.97 Å². The lowest BCUT2D eigenvalue weighted by atomic mass is 9.85. The molecule has 18 heavy (non-hydrogen) atoms. The number of benzene rings is 1. The topological polar surface area (TPSA) is 64.6 Å². The smallest absolute Gasteiger partial charge is 0.326 e. The van der Waals surface area contributed by atoms with Gasteiger partial charge in [-0.25, -0.2) is 0 Å². The Labute approximate surface area is 109 Å². The molecule has 0 aromatic heterocycles. The summed E-state index contributed by atoms with van der Waals surface area (Å²) in [6.45, 7) is 0.0676. The van der Waals surface area contributed by atoms with Crippen LogP contribution >= 0.6 is 11.6 Å². The van der Waals surface area contributed by atoms with Crippen molar-refractivity contribution in [3.8, 4) is 0 Å². The average Bonchev–Trinajstić information content (AvgIpc) is 2.27. The molecule has 96 valence electrons. The van der Waals surface area contributed by atoms with Crippen molar-refractivity contribution < 1.29 is 19.1 Å². The van der Waals surface area contributed by atoms with Gasteiger partial charge in [0.05, 0.1) is 20.3 Å². The molecular formula is C12H12ClNO4. The number of rotatable bonds is 3. The van der Waals surface area contributed by atoms with Gasteiger partial charge in [-0.15, -0.1) is 0 Å². The number of halogens is 1. The second-order valence-corrected chi connectivity index (χ2v) is 4.47. The summed E-state index contributed by atoms with van der Waals surface area (Å²) in [5, 5.41) is 3.14. The first-order valence-corrected chi connectivity index (χ1v) is 5.69. The van der Waals surface area contributed by atoms with Crippen LogP contribution in [0.25, 0.3) is 0 Å². The molecule has 0 atom stereocenters. The minimum absolute atomic E-state index is 0.0338. The van der Waals surface area contributed by atoms with Crippen LogP contribution in [0.15, 0.2) is 24.3 Å². The maximum atomic E-state index is 12.1. The number of carbonyl (C=O) groups is 2. The standard InChI is InChI=1S/C12H12ClNO4/c1-17-11(16)12(6-18-7-12)10(15)14-9-4-2-3-8(13)5-9/h2-5H,6-7H2,1H3,(H,14,15). The summed E-state index contributed by atoms with van der Waals surface area (Å²) in [5.74, 6) is -1.03. The molecule has 6 heteroatoms. The van der Waals surface area contributed by atoms with E-state index in [-0.39, 0.29) is 13.2 Å². The van der Waals surface area contributed by atoms with Crippen molar-refractivity contribution in [3.05, 3.63) is 29.3 Å². The second kappa shape index (κ2) is 4.96. The predicted octanol–water partition coefficient (Wildman–Crippen LogP) is 1.47. The zero-order chi connectivity index (χ0) is 13.2. The van der Waals surface area contributed by atoms with E-state index in [1.54, 1.807) is 24.3 Å². The van der Waals surface area contributed by atoms with E-state index in [4.69, 9.17) is 16.3 Å². The molecule has 1 aromatic carbocycles. The highest BCUT2D eigenvalue weighted by atomic mass is 35.5. The van der Waals surface area contributed by atoms with E-state index in [1.165, 1.54) is 7.11 Å². The maximum absolute atomic E-state index is 12.1. The Morgan fingerprint density at radius 1 is 1.44 bits per heavy atom. The third-order valence-electron chi connectivity index (χ3n) is 2.79. The molecule has 1 heterocycles. The summed E-state index contributed by atoms with van der Waals surface area (Å²) < 4.78 is 9.59. The van der Waals surface area contributed by atoms with E-state index in [0.29, 0.717) is 10.7 Å². The molecule has 1 aromatic rings. The zero-order valence-electron chi connectivity index (χ0n) is 9.73. The molecule has 1 aliphatic heterocycles. The minimum Gasteiger partial charge on any atom is -0.468 e. The number of nitrogens with one attached hydrogen (secondary N) is 1. The summed E-state index contributed by atoms with van der Waals surface area (Å²) in [6.07, 6.45) is 0. The van der Waals surface area contributed by atoms with Crippen molar-refractivity contribution in [1.82, 2.24) is 0 Å². The summed E-state index contributed by atoms with van der Waals surface area (Å²) in [5.41, 5.74) is -0.709. The highest BCUT2D eigenvalue weighted by Crippen LogP contribution is 2.31. The Bertz CT molecular complexity index is 485. The van der Waals surface area contributed by atoms with Gasteiger partial charge in [0, 0.05) is 10.7 Å². The van der Waals surface area contributed by atoms with Crippen molar-refractivity contribution in [2.75, 3.05) is 25.6 Å². The van der Waals surface area contributed by atoms with Gasteiger partial charge in [0.25, 0.3) is 0 Å². The Hall–Kier alpha value is -1.59. The van der Waals surface area contributed by atoms with Crippen LogP contribution in [0.1, 0.15) is 0 Å². The lowest BCUT2D eigenvalue weighted by Gasteiger charge is -2.36. The normalized spacial score (nSPS) is 16.6. The van der Waals surface area contributed by atoms with E-state index in [0.717, 1.165) is 0 Å². The lowest BCUT2D eigenvalue weighted by molar-refractivity contribution is -0.185. The van der Waals surface area contributed by atoms with Crippen molar-refractivity contribution in [2.45, 2.75) is 0 Å². The van der Waals surface area contributed by atoms with E-state index >= 15 is 0 Å². The van der Waals surface area contributed by atoms with Gasteiger partial charge in [0.2, 0.25) is 5.91 Å².